The summed E-state index contributed by atoms with van der Waals surface area (Å²) in [6, 6.07) is 0. The summed E-state index contributed by atoms with van der Waals surface area (Å²) in [5, 5.41) is 9.92. The normalized spacial score (nSPS) is 8.73. The predicted octanol–water partition coefficient (Wildman–Crippen LogP) is 0.910. The molecule has 88 valence electrons. The first-order valence-corrected chi connectivity index (χ1v) is 6.20. The number of carboxylic acids is 1. The number of unbranched alkanes of at least 4 members (excludes halogenated alkanes) is 4. The van der Waals surface area contributed by atoms with E-state index in [0.29, 0.717) is 0 Å². The SMILES string of the molecule is CCCCCCCC(=O)[O-].C[O][Al+][O]C. The number of aliphatic carboxylic acids is 1. The molecule has 0 bridgehead atoms. The number of carbonyl (C=O) groups excluding carboxylic acids is 1. The fourth-order valence-corrected chi connectivity index (χ4v) is 1.16. The first-order chi connectivity index (χ1) is 7.18. The molecule has 0 rings (SSSR count). The van der Waals surface area contributed by atoms with Gasteiger partial charge in [0.2, 0.25) is 0 Å². The minimum absolute atomic E-state index is 0.185. The molecule has 0 spiro atoms. The monoisotopic (exact) mass is 232 g/mol. The second-order valence-corrected chi connectivity index (χ2v) is 4.24. The molecule has 0 radical (unpaired) electrons. The van der Waals surface area contributed by atoms with Gasteiger partial charge in [0.15, 0.2) is 0 Å². The average Bonchev–Trinajstić information content (AvgIpc) is 2.19. The Balaban J connectivity index is 0. The van der Waals surface area contributed by atoms with Gasteiger partial charge in [-0.25, -0.2) is 0 Å². The van der Waals surface area contributed by atoms with E-state index in [0.717, 1.165) is 19.3 Å². The summed E-state index contributed by atoms with van der Waals surface area (Å²) in [5.74, 6) is -0.920. The maximum atomic E-state index is 9.92. The topological polar surface area (TPSA) is 58.6 Å². The molecule has 0 fully saturated rings. The summed E-state index contributed by atoms with van der Waals surface area (Å²) < 4.78 is 9.10. The van der Waals surface area contributed by atoms with E-state index in [2.05, 4.69) is 14.5 Å². The van der Waals surface area contributed by atoms with Gasteiger partial charge in [-0.15, -0.1) is 0 Å². The molecule has 0 aliphatic carbocycles. The van der Waals surface area contributed by atoms with Crippen molar-refractivity contribution < 1.29 is 17.5 Å². The van der Waals surface area contributed by atoms with Crippen LogP contribution in [0.3, 0.4) is 0 Å². The molecule has 5 heteroatoms. The van der Waals surface area contributed by atoms with Gasteiger partial charge in [-0.05, 0) is 12.8 Å². The number of rotatable bonds is 8. The Hall–Kier alpha value is -0.0775. The van der Waals surface area contributed by atoms with Gasteiger partial charge in [0.05, 0.1) is 0 Å². The van der Waals surface area contributed by atoms with E-state index in [4.69, 9.17) is 0 Å². The van der Waals surface area contributed by atoms with E-state index < -0.39 is 5.97 Å². The van der Waals surface area contributed by atoms with Crippen molar-refractivity contribution in [3.05, 3.63) is 0 Å². The average molecular weight is 232 g/mol. The van der Waals surface area contributed by atoms with Crippen LogP contribution in [0, 0.1) is 0 Å². The number of hydrogen-bond donors (Lipinski definition) is 0. The third-order valence-corrected chi connectivity index (χ3v) is 2.06. The molecule has 0 aromatic heterocycles. The summed E-state index contributed by atoms with van der Waals surface area (Å²) in [5.41, 5.74) is 0. The molecule has 0 saturated heterocycles. The molecular formula is C10H21AlO4. The summed E-state index contributed by atoms with van der Waals surface area (Å²) in [7, 11) is 3.25. The second kappa shape index (κ2) is 16.4. The molecule has 15 heavy (non-hydrogen) atoms. The van der Waals surface area contributed by atoms with Crippen molar-refractivity contribution in [1.82, 2.24) is 0 Å². The van der Waals surface area contributed by atoms with Gasteiger partial charge >= 0.3 is 37.7 Å². The molecule has 0 amide bonds. The number of carboxylic acid groups (broad SMARTS) is 1. The van der Waals surface area contributed by atoms with Crippen molar-refractivity contribution in [2.75, 3.05) is 14.2 Å². The van der Waals surface area contributed by atoms with Crippen molar-refractivity contribution in [2.45, 2.75) is 45.4 Å². The van der Waals surface area contributed by atoms with Crippen molar-refractivity contribution in [2.24, 2.45) is 0 Å². The zero-order chi connectivity index (χ0) is 11.9. The Kier molecular flexibility index (Phi) is 18.9. The maximum absolute atomic E-state index is 9.92. The standard InChI is InChI=1S/C8H16O2.2CH3O.Al/c1-2-3-4-5-6-7-8(9)10;2*1-2;/h2-7H2,1H3,(H,9,10);2*1H3;/q;2*-1;+3/p-1. The van der Waals surface area contributed by atoms with Crippen LogP contribution in [0.25, 0.3) is 0 Å². The van der Waals surface area contributed by atoms with Crippen LogP contribution in [-0.4, -0.2) is 36.1 Å². The van der Waals surface area contributed by atoms with Crippen LogP contribution in [-0.2, 0) is 12.4 Å². The van der Waals surface area contributed by atoms with Crippen LogP contribution in [0.1, 0.15) is 45.4 Å². The van der Waals surface area contributed by atoms with E-state index in [1.165, 1.54) is 12.8 Å². The van der Waals surface area contributed by atoms with Crippen LogP contribution in [0.2, 0.25) is 0 Å². The van der Waals surface area contributed by atoms with Crippen LogP contribution < -0.4 is 5.11 Å². The minimum atomic E-state index is -0.920. The van der Waals surface area contributed by atoms with Crippen LogP contribution in [0.5, 0.6) is 0 Å². The summed E-state index contributed by atoms with van der Waals surface area (Å²) in [6.07, 6.45) is 5.61. The zero-order valence-electron chi connectivity index (χ0n) is 9.95. The van der Waals surface area contributed by atoms with E-state index >= 15 is 0 Å². The van der Waals surface area contributed by atoms with E-state index in [-0.39, 0.29) is 22.3 Å². The van der Waals surface area contributed by atoms with Crippen molar-refractivity contribution >= 4 is 21.9 Å². The van der Waals surface area contributed by atoms with Crippen molar-refractivity contribution in [3.8, 4) is 0 Å². The van der Waals surface area contributed by atoms with Gasteiger partial charge in [-0.3, -0.25) is 0 Å². The van der Waals surface area contributed by atoms with Gasteiger partial charge in [-0.2, -0.15) is 0 Å². The van der Waals surface area contributed by atoms with Crippen LogP contribution >= 0.6 is 0 Å². The van der Waals surface area contributed by atoms with Gasteiger partial charge in [0, 0.05) is 5.97 Å². The molecule has 0 N–H and O–H groups in total. The zero-order valence-corrected chi connectivity index (χ0v) is 11.1. The second-order valence-electron chi connectivity index (χ2n) is 3.10. The quantitative estimate of drug-likeness (QED) is 0.461. The third kappa shape index (κ3) is 24.9. The Labute approximate surface area is 99.3 Å². The van der Waals surface area contributed by atoms with Crippen molar-refractivity contribution in [3.63, 3.8) is 0 Å². The fraction of sp³-hybridized carbons (Fsp3) is 0.900. The Bertz CT molecular complexity index is 129. The fourth-order valence-electron chi connectivity index (χ4n) is 0.969. The van der Waals surface area contributed by atoms with E-state index in [9.17, 15) is 9.90 Å². The molecule has 4 nitrogen and oxygen atoms in total. The van der Waals surface area contributed by atoms with Crippen LogP contribution in [0.15, 0.2) is 0 Å². The molecular weight excluding hydrogens is 211 g/mol. The van der Waals surface area contributed by atoms with Crippen LogP contribution in [0.4, 0.5) is 0 Å². The van der Waals surface area contributed by atoms with Gasteiger partial charge < -0.3 is 9.90 Å². The first kappa shape index (κ1) is 17.3. The van der Waals surface area contributed by atoms with Gasteiger partial charge in [0.25, 0.3) is 0 Å². The Morgan fingerprint density at radius 2 is 1.67 bits per heavy atom. The summed E-state index contributed by atoms with van der Waals surface area (Å²) in [6.45, 7) is 2.14. The molecule has 0 aromatic rings. The molecule has 0 heterocycles. The molecule has 0 aromatic carbocycles. The Morgan fingerprint density at radius 1 is 1.13 bits per heavy atom. The first-order valence-electron chi connectivity index (χ1n) is 5.26. The van der Waals surface area contributed by atoms with Gasteiger partial charge in [-0.1, -0.05) is 32.6 Å². The van der Waals surface area contributed by atoms with E-state index in [1.54, 1.807) is 14.2 Å². The molecule has 0 unspecified atom stereocenters. The molecule has 0 aliphatic heterocycles. The van der Waals surface area contributed by atoms with Crippen molar-refractivity contribution in [1.29, 1.82) is 0 Å². The Morgan fingerprint density at radius 3 is 2.00 bits per heavy atom. The molecule has 0 saturated carbocycles. The van der Waals surface area contributed by atoms with Gasteiger partial charge in [0.1, 0.15) is 0 Å². The molecule has 0 aliphatic rings. The number of carbonyl (C=O) groups is 1. The summed E-state index contributed by atoms with van der Waals surface area (Å²) in [4.78, 5) is 9.92. The van der Waals surface area contributed by atoms with E-state index in [1.807, 2.05) is 0 Å². The molecule has 0 atom stereocenters. The third-order valence-electron chi connectivity index (χ3n) is 1.68. The summed E-state index contributed by atoms with van der Waals surface area (Å²) >= 11 is -0.185. The number of hydrogen-bond acceptors (Lipinski definition) is 4. The predicted molar refractivity (Wildman–Crippen MR) is 58.2 cm³/mol.